The molecule has 2 aromatic carbocycles. The highest BCUT2D eigenvalue weighted by molar-refractivity contribution is 5.97. The molecule has 7 heteroatoms. The highest BCUT2D eigenvalue weighted by Crippen LogP contribution is 2.33. The summed E-state index contributed by atoms with van der Waals surface area (Å²) in [6, 6.07) is 15.9. The van der Waals surface area contributed by atoms with Gasteiger partial charge in [0.1, 0.15) is 6.33 Å². The van der Waals surface area contributed by atoms with E-state index < -0.39 is 0 Å². The molecular formula is C21H20N6O. The fourth-order valence-corrected chi connectivity index (χ4v) is 4.12. The molecule has 7 nitrogen and oxygen atoms in total. The number of carbonyl (C=O) groups is 1. The topological polar surface area (TPSA) is 79.7 Å². The van der Waals surface area contributed by atoms with Gasteiger partial charge in [0.25, 0.3) is 5.91 Å². The summed E-state index contributed by atoms with van der Waals surface area (Å²) < 4.78 is 1.53. The highest BCUT2D eigenvalue weighted by Gasteiger charge is 2.27. The van der Waals surface area contributed by atoms with Crippen molar-refractivity contribution in [3.05, 3.63) is 72.2 Å². The van der Waals surface area contributed by atoms with Crippen molar-refractivity contribution in [2.45, 2.75) is 18.8 Å². The Hall–Kier alpha value is -3.48. The van der Waals surface area contributed by atoms with Crippen molar-refractivity contribution in [2.24, 2.45) is 0 Å². The zero-order valence-corrected chi connectivity index (χ0v) is 15.3. The molecule has 4 aromatic rings. The second kappa shape index (κ2) is 6.92. The molecule has 1 N–H and O–H groups in total. The van der Waals surface area contributed by atoms with Gasteiger partial charge in [0.15, 0.2) is 0 Å². The molecule has 0 radical (unpaired) electrons. The van der Waals surface area contributed by atoms with Crippen molar-refractivity contribution in [2.75, 3.05) is 13.1 Å². The van der Waals surface area contributed by atoms with Gasteiger partial charge in [-0.2, -0.15) is 4.68 Å². The van der Waals surface area contributed by atoms with E-state index in [9.17, 15) is 4.79 Å². The van der Waals surface area contributed by atoms with Crippen LogP contribution >= 0.6 is 0 Å². The smallest absolute Gasteiger partial charge is 0.256 e. The number of rotatable bonds is 3. The van der Waals surface area contributed by atoms with Crippen LogP contribution in [0.2, 0.25) is 0 Å². The van der Waals surface area contributed by atoms with Gasteiger partial charge >= 0.3 is 0 Å². The average molecular weight is 372 g/mol. The summed E-state index contributed by atoms with van der Waals surface area (Å²) in [7, 11) is 0. The second-order valence-electron chi connectivity index (χ2n) is 7.13. The third-order valence-corrected chi connectivity index (χ3v) is 5.57. The van der Waals surface area contributed by atoms with Gasteiger partial charge in [-0.3, -0.25) is 4.79 Å². The van der Waals surface area contributed by atoms with Crippen LogP contribution in [0.15, 0.2) is 61.1 Å². The minimum absolute atomic E-state index is 0.0310. The summed E-state index contributed by atoms with van der Waals surface area (Å²) in [5.41, 5.74) is 3.86. The Morgan fingerprint density at radius 3 is 2.64 bits per heavy atom. The first-order valence-electron chi connectivity index (χ1n) is 9.49. The number of aromatic nitrogens is 5. The van der Waals surface area contributed by atoms with E-state index in [1.54, 1.807) is 0 Å². The Kier molecular flexibility index (Phi) is 4.12. The van der Waals surface area contributed by atoms with Gasteiger partial charge < -0.3 is 9.88 Å². The van der Waals surface area contributed by atoms with E-state index in [0.717, 1.165) is 25.9 Å². The molecule has 1 aliphatic rings. The van der Waals surface area contributed by atoms with Crippen molar-refractivity contribution < 1.29 is 4.79 Å². The lowest BCUT2D eigenvalue weighted by atomic mass is 9.89. The quantitative estimate of drug-likeness (QED) is 0.599. The number of para-hydroxylation sites is 2. The van der Waals surface area contributed by atoms with Crippen molar-refractivity contribution in [3.63, 3.8) is 0 Å². The molecule has 0 saturated carbocycles. The van der Waals surface area contributed by atoms with Gasteiger partial charge in [-0.25, -0.2) is 0 Å². The SMILES string of the molecule is O=C(c1ccccc1-n1cnnn1)N1CCC(c2c[nH]c3ccccc23)CC1. The van der Waals surface area contributed by atoms with Crippen LogP contribution in [0.25, 0.3) is 16.6 Å². The number of fused-ring (bicyclic) bond motifs is 1. The van der Waals surface area contributed by atoms with Gasteiger partial charge in [0, 0.05) is 30.2 Å². The Morgan fingerprint density at radius 2 is 1.82 bits per heavy atom. The average Bonchev–Trinajstić information content (AvgIpc) is 3.44. The number of amides is 1. The lowest BCUT2D eigenvalue weighted by Crippen LogP contribution is -2.38. The van der Waals surface area contributed by atoms with Gasteiger partial charge in [-0.15, -0.1) is 5.10 Å². The molecule has 0 bridgehead atoms. The monoisotopic (exact) mass is 372 g/mol. The maximum Gasteiger partial charge on any atom is 0.256 e. The molecule has 3 heterocycles. The third kappa shape index (κ3) is 2.85. The third-order valence-electron chi connectivity index (χ3n) is 5.57. The standard InChI is InChI=1S/C21H20N6O/c28-21(17-6-2-4-8-20(17)27-14-23-24-25-27)26-11-9-15(10-12-26)18-13-22-19-7-3-1-5-16(18)19/h1-8,13-15,22H,9-12H2. The summed E-state index contributed by atoms with van der Waals surface area (Å²) in [5.74, 6) is 0.499. The fraction of sp³-hybridized carbons (Fsp3) is 0.238. The van der Waals surface area contributed by atoms with E-state index in [1.165, 1.54) is 27.5 Å². The van der Waals surface area contributed by atoms with Crippen LogP contribution in [-0.2, 0) is 0 Å². The van der Waals surface area contributed by atoms with E-state index in [2.05, 4.69) is 44.9 Å². The summed E-state index contributed by atoms with van der Waals surface area (Å²) in [4.78, 5) is 18.5. The summed E-state index contributed by atoms with van der Waals surface area (Å²) in [5, 5.41) is 12.6. The highest BCUT2D eigenvalue weighted by atomic mass is 16.2. The van der Waals surface area contributed by atoms with Crippen LogP contribution in [0.1, 0.15) is 34.7 Å². The minimum Gasteiger partial charge on any atom is -0.361 e. The largest absolute Gasteiger partial charge is 0.361 e. The summed E-state index contributed by atoms with van der Waals surface area (Å²) >= 11 is 0. The van der Waals surface area contributed by atoms with E-state index in [4.69, 9.17) is 0 Å². The number of nitrogens with zero attached hydrogens (tertiary/aromatic N) is 5. The van der Waals surface area contributed by atoms with Crippen LogP contribution < -0.4 is 0 Å². The number of likely N-dealkylation sites (tertiary alicyclic amines) is 1. The number of tetrazole rings is 1. The number of nitrogens with one attached hydrogen (secondary N) is 1. The normalized spacial score (nSPS) is 15.2. The zero-order valence-electron chi connectivity index (χ0n) is 15.3. The van der Waals surface area contributed by atoms with Crippen LogP contribution in [0.4, 0.5) is 0 Å². The van der Waals surface area contributed by atoms with Crippen molar-refractivity contribution >= 4 is 16.8 Å². The number of hydrogen-bond donors (Lipinski definition) is 1. The Morgan fingerprint density at radius 1 is 1.04 bits per heavy atom. The van der Waals surface area contributed by atoms with Crippen LogP contribution in [0.5, 0.6) is 0 Å². The number of aromatic amines is 1. The Labute approximate surface area is 162 Å². The number of carbonyl (C=O) groups excluding carboxylic acids is 1. The van der Waals surface area contributed by atoms with E-state index in [-0.39, 0.29) is 5.91 Å². The van der Waals surface area contributed by atoms with Gasteiger partial charge in [-0.1, -0.05) is 30.3 Å². The predicted molar refractivity (Wildman–Crippen MR) is 105 cm³/mol. The molecule has 0 atom stereocenters. The molecule has 28 heavy (non-hydrogen) atoms. The zero-order chi connectivity index (χ0) is 18.9. The maximum absolute atomic E-state index is 13.2. The molecule has 1 saturated heterocycles. The first-order chi connectivity index (χ1) is 13.8. The first-order valence-corrected chi connectivity index (χ1v) is 9.49. The molecule has 1 amide bonds. The molecule has 0 unspecified atom stereocenters. The summed E-state index contributed by atoms with van der Waals surface area (Å²) in [6.45, 7) is 1.49. The van der Waals surface area contributed by atoms with Crippen molar-refractivity contribution in [1.82, 2.24) is 30.1 Å². The molecule has 5 rings (SSSR count). The number of hydrogen-bond acceptors (Lipinski definition) is 4. The molecule has 1 aliphatic heterocycles. The van der Waals surface area contributed by atoms with Crippen LogP contribution in [0.3, 0.4) is 0 Å². The molecule has 0 aliphatic carbocycles. The molecule has 140 valence electrons. The fourth-order valence-electron chi connectivity index (χ4n) is 4.12. The van der Waals surface area contributed by atoms with Crippen LogP contribution in [0, 0.1) is 0 Å². The molecular weight excluding hydrogens is 352 g/mol. The number of H-pyrrole nitrogens is 1. The predicted octanol–water partition coefficient (Wildman–Crippen LogP) is 3.16. The van der Waals surface area contributed by atoms with E-state index >= 15 is 0 Å². The van der Waals surface area contributed by atoms with Gasteiger partial charge in [0.05, 0.1) is 11.3 Å². The number of piperidine rings is 1. The Balaban J connectivity index is 1.34. The van der Waals surface area contributed by atoms with E-state index in [0.29, 0.717) is 17.2 Å². The van der Waals surface area contributed by atoms with Gasteiger partial charge in [0.2, 0.25) is 0 Å². The molecule has 1 fully saturated rings. The maximum atomic E-state index is 13.2. The lowest BCUT2D eigenvalue weighted by molar-refractivity contribution is 0.0713. The first kappa shape index (κ1) is 16.7. The van der Waals surface area contributed by atoms with Crippen molar-refractivity contribution in [1.29, 1.82) is 0 Å². The van der Waals surface area contributed by atoms with Gasteiger partial charge in [-0.05, 0) is 52.9 Å². The Bertz CT molecular complexity index is 1110. The lowest BCUT2D eigenvalue weighted by Gasteiger charge is -2.32. The van der Waals surface area contributed by atoms with E-state index in [1.807, 2.05) is 35.2 Å². The minimum atomic E-state index is 0.0310. The second-order valence-corrected chi connectivity index (χ2v) is 7.13. The van der Waals surface area contributed by atoms with Crippen LogP contribution in [-0.4, -0.2) is 49.1 Å². The van der Waals surface area contributed by atoms with Crippen molar-refractivity contribution in [3.8, 4) is 5.69 Å². The molecule has 0 spiro atoms. The molecule has 2 aromatic heterocycles. The summed E-state index contributed by atoms with van der Waals surface area (Å²) in [6.07, 6.45) is 5.55. The number of benzene rings is 2.